The summed E-state index contributed by atoms with van der Waals surface area (Å²) in [6.07, 6.45) is 6.97. The zero-order valence-corrected chi connectivity index (χ0v) is 9.82. The molecule has 0 aliphatic heterocycles. The van der Waals surface area contributed by atoms with Gasteiger partial charge in [-0.05, 0) is 18.1 Å². The molecule has 0 aromatic carbocycles. The first-order valence-electron chi connectivity index (χ1n) is 3.96. The number of rotatable bonds is 4. The van der Waals surface area contributed by atoms with Crippen molar-refractivity contribution in [3.63, 3.8) is 0 Å². The number of allylic oxidation sites excluding steroid dienone is 5. The Bertz CT molecular complexity index is 204. The van der Waals surface area contributed by atoms with Gasteiger partial charge in [0.25, 0.3) is 0 Å². The Morgan fingerprint density at radius 3 is 2.58 bits per heavy atom. The van der Waals surface area contributed by atoms with Gasteiger partial charge in [0.1, 0.15) is 0 Å². The molecule has 0 aromatic rings. The molecule has 1 atom stereocenters. The topological polar surface area (TPSA) is 0 Å². The Labute approximate surface area is 88.1 Å². The number of hydrogen-bond donors (Lipinski definition) is 0. The van der Waals surface area contributed by atoms with Gasteiger partial charge in [0.05, 0.1) is 0 Å². The fraction of sp³-hybridized carbons (Fsp3) is 0.400. The Morgan fingerprint density at radius 2 is 2.17 bits per heavy atom. The fourth-order valence-electron chi connectivity index (χ4n) is 0.615. The molecule has 0 spiro atoms. The minimum absolute atomic E-state index is 0.546. The SMILES string of the molecule is C=C(Cl)/C=C\C(Br)=C/C(C)CC. The van der Waals surface area contributed by atoms with Crippen molar-refractivity contribution >= 4 is 27.5 Å². The van der Waals surface area contributed by atoms with Crippen LogP contribution in [-0.2, 0) is 0 Å². The predicted molar refractivity (Wildman–Crippen MR) is 60.6 cm³/mol. The van der Waals surface area contributed by atoms with Gasteiger partial charge in [-0.15, -0.1) is 0 Å². The minimum Gasteiger partial charge on any atom is -0.0850 e. The van der Waals surface area contributed by atoms with Crippen LogP contribution in [0.15, 0.2) is 34.3 Å². The Balaban J connectivity index is 4.10. The van der Waals surface area contributed by atoms with Gasteiger partial charge < -0.3 is 0 Å². The quantitative estimate of drug-likeness (QED) is 0.638. The van der Waals surface area contributed by atoms with E-state index in [1.807, 2.05) is 6.08 Å². The lowest BCUT2D eigenvalue weighted by molar-refractivity contribution is 0.697. The summed E-state index contributed by atoms with van der Waals surface area (Å²) in [6.45, 7) is 7.89. The summed E-state index contributed by atoms with van der Waals surface area (Å²) in [4.78, 5) is 0. The summed E-state index contributed by atoms with van der Waals surface area (Å²) in [5.74, 6) is 0.590. The van der Waals surface area contributed by atoms with Crippen molar-refractivity contribution in [1.29, 1.82) is 0 Å². The first kappa shape index (κ1) is 12.0. The van der Waals surface area contributed by atoms with Crippen LogP contribution in [0.3, 0.4) is 0 Å². The molecule has 0 amide bonds. The second kappa shape index (κ2) is 6.50. The molecule has 1 unspecified atom stereocenters. The van der Waals surface area contributed by atoms with Gasteiger partial charge in [0.2, 0.25) is 0 Å². The third kappa shape index (κ3) is 6.68. The van der Waals surface area contributed by atoms with Crippen molar-refractivity contribution in [2.75, 3.05) is 0 Å². The second-order valence-electron chi connectivity index (χ2n) is 2.72. The molecule has 0 N–H and O–H groups in total. The fourth-order valence-corrected chi connectivity index (χ4v) is 1.26. The van der Waals surface area contributed by atoms with E-state index in [9.17, 15) is 0 Å². The van der Waals surface area contributed by atoms with Crippen LogP contribution in [0, 0.1) is 5.92 Å². The summed E-state index contributed by atoms with van der Waals surface area (Å²) in [6, 6.07) is 0. The third-order valence-corrected chi connectivity index (χ3v) is 2.17. The number of hydrogen-bond acceptors (Lipinski definition) is 0. The van der Waals surface area contributed by atoms with E-state index in [1.54, 1.807) is 6.08 Å². The highest BCUT2D eigenvalue weighted by Gasteiger charge is 1.93. The lowest BCUT2D eigenvalue weighted by Crippen LogP contribution is -1.84. The molecule has 0 heterocycles. The molecular weight excluding hydrogens is 235 g/mol. The molecule has 2 heteroatoms. The highest BCUT2D eigenvalue weighted by atomic mass is 79.9. The molecule has 0 radical (unpaired) electrons. The Morgan fingerprint density at radius 1 is 1.58 bits per heavy atom. The van der Waals surface area contributed by atoms with Crippen LogP contribution in [0.1, 0.15) is 20.3 Å². The van der Waals surface area contributed by atoms with E-state index in [4.69, 9.17) is 11.6 Å². The molecule has 0 rings (SSSR count). The van der Waals surface area contributed by atoms with E-state index < -0.39 is 0 Å². The zero-order valence-electron chi connectivity index (χ0n) is 7.48. The maximum Gasteiger partial charge on any atom is 0.0334 e. The van der Waals surface area contributed by atoms with Crippen LogP contribution >= 0.6 is 27.5 Å². The third-order valence-electron chi connectivity index (χ3n) is 1.51. The summed E-state index contributed by atoms with van der Waals surface area (Å²) in [5.41, 5.74) is 0. The molecule has 0 aliphatic carbocycles. The molecule has 68 valence electrons. The average Bonchev–Trinajstić information content (AvgIpc) is 2.00. The molecule has 0 bridgehead atoms. The van der Waals surface area contributed by atoms with E-state index in [0.717, 1.165) is 10.9 Å². The molecule has 0 aliphatic rings. The van der Waals surface area contributed by atoms with Gasteiger partial charge in [-0.2, -0.15) is 0 Å². The van der Waals surface area contributed by atoms with E-state index in [-0.39, 0.29) is 0 Å². The second-order valence-corrected chi connectivity index (χ2v) is 4.12. The first-order valence-corrected chi connectivity index (χ1v) is 5.13. The van der Waals surface area contributed by atoms with Crippen molar-refractivity contribution in [2.45, 2.75) is 20.3 Å². The van der Waals surface area contributed by atoms with Gasteiger partial charge in [0, 0.05) is 9.51 Å². The van der Waals surface area contributed by atoms with Crippen LogP contribution in [0.25, 0.3) is 0 Å². The summed E-state index contributed by atoms with van der Waals surface area (Å²) >= 11 is 8.99. The van der Waals surface area contributed by atoms with Crippen LogP contribution in [0.5, 0.6) is 0 Å². The highest BCUT2D eigenvalue weighted by molar-refractivity contribution is 9.11. The molecule has 0 fully saturated rings. The maximum atomic E-state index is 5.56. The number of halogens is 2. The molecule has 0 saturated carbocycles. The maximum absolute atomic E-state index is 5.56. The smallest absolute Gasteiger partial charge is 0.0334 e. The molecule has 12 heavy (non-hydrogen) atoms. The van der Waals surface area contributed by atoms with E-state index in [2.05, 4.69) is 42.4 Å². The minimum atomic E-state index is 0.546. The lowest BCUT2D eigenvalue weighted by Gasteiger charge is -1.99. The van der Waals surface area contributed by atoms with Crippen LogP contribution in [-0.4, -0.2) is 0 Å². The molecule has 0 nitrogen and oxygen atoms in total. The Kier molecular flexibility index (Phi) is 6.49. The largest absolute Gasteiger partial charge is 0.0850 e. The van der Waals surface area contributed by atoms with Gasteiger partial charge in [-0.1, -0.05) is 60.5 Å². The normalized spacial score (nSPS) is 15.2. The van der Waals surface area contributed by atoms with Crippen molar-refractivity contribution in [2.24, 2.45) is 5.92 Å². The first-order chi connectivity index (χ1) is 5.56. The highest BCUT2D eigenvalue weighted by Crippen LogP contribution is 2.14. The van der Waals surface area contributed by atoms with Crippen LogP contribution in [0.4, 0.5) is 0 Å². The van der Waals surface area contributed by atoms with E-state index in [1.165, 1.54) is 0 Å². The van der Waals surface area contributed by atoms with Gasteiger partial charge >= 0.3 is 0 Å². The summed E-state index contributed by atoms with van der Waals surface area (Å²) < 4.78 is 1.05. The predicted octanol–water partition coefficient (Wildman–Crippen LogP) is 4.62. The molecular formula is C10H14BrCl. The zero-order chi connectivity index (χ0) is 9.56. The van der Waals surface area contributed by atoms with Gasteiger partial charge in [-0.3, -0.25) is 0 Å². The Hall–Kier alpha value is -0.0100. The van der Waals surface area contributed by atoms with Crippen molar-refractivity contribution in [1.82, 2.24) is 0 Å². The molecule has 0 aromatic heterocycles. The average molecular weight is 250 g/mol. The van der Waals surface area contributed by atoms with Gasteiger partial charge in [0.15, 0.2) is 0 Å². The monoisotopic (exact) mass is 248 g/mol. The van der Waals surface area contributed by atoms with Crippen molar-refractivity contribution < 1.29 is 0 Å². The van der Waals surface area contributed by atoms with Crippen LogP contribution < -0.4 is 0 Å². The van der Waals surface area contributed by atoms with E-state index in [0.29, 0.717) is 11.0 Å². The lowest BCUT2D eigenvalue weighted by atomic mass is 10.1. The summed E-state index contributed by atoms with van der Waals surface area (Å²) in [7, 11) is 0. The summed E-state index contributed by atoms with van der Waals surface area (Å²) in [5, 5.41) is 0.546. The van der Waals surface area contributed by atoms with Crippen molar-refractivity contribution in [3.8, 4) is 0 Å². The van der Waals surface area contributed by atoms with Crippen molar-refractivity contribution in [3.05, 3.63) is 34.3 Å². The van der Waals surface area contributed by atoms with Crippen LogP contribution in [0.2, 0.25) is 0 Å². The standard InChI is InChI=1S/C10H14BrCl/c1-4-8(2)7-10(11)6-5-9(3)12/h5-8H,3-4H2,1-2H3/b6-5-,10-7+. The molecule has 0 saturated heterocycles. The van der Waals surface area contributed by atoms with E-state index >= 15 is 0 Å². The van der Waals surface area contributed by atoms with Gasteiger partial charge in [-0.25, -0.2) is 0 Å².